The maximum absolute atomic E-state index is 15.9. The minimum absolute atomic E-state index is 0.560. The van der Waals surface area contributed by atoms with Gasteiger partial charge in [0.05, 0.1) is 11.6 Å². The molecule has 1 unspecified atom stereocenters. The van der Waals surface area contributed by atoms with E-state index in [0.717, 1.165) is 37.3 Å². The standard InChI is InChI=1S/C34H26BrO3P/c1-37-31-23-30-28(22-29(31)35)34(39(36,26-18-10-4-11-19-26)27-20-12-5-13-21-27)33(38-30)32(24-14-6-2-7-15-24)25-16-8-3-9-17-25/h2-23,34H,1H3. The summed E-state index contributed by atoms with van der Waals surface area (Å²) in [6.07, 6.45) is 0. The minimum Gasteiger partial charge on any atom is -0.495 e. The Morgan fingerprint density at radius 2 is 1.18 bits per heavy atom. The van der Waals surface area contributed by atoms with Crippen molar-refractivity contribution in [1.29, 1.82) is 0 Å². The van der Waals surface area contributed by atoms with Crippen LogP contribution in [0.4, 0.5) is 0 Å². The smallest absolute Gasteiger partial charge is 0.157 e. The first kappa shape index (κ1) is 25.4. The van der Waals surface area contributed by atoms with Crippen molar-refractivity contribution in [2.75, 3.05) is 7.11 Å². The maximum Gasteiger partial charge on any atom is 0.157 e. The number of halogens is 1. The van der Waals surface area contributed by atoms with Gasteiger partial charge < -0.3 is 14.0 Å². The monoisotopic (exact) mass is 592 g/mol. The summed E-state index contributed by atoms with van der Waals surface area (Å²) in [6.45, 7) is 0. The first-order valence-electron chi connectivity index (χ1n) is 12.7. The van der Waals surface area contributed by atoms with Gasteiger partial charge in [0.2, 0.25) is 0 Å². The molecule has 0 aliphatic carbocycles. The predicted molar refractivity (Wildman–Crippen MR) is 163 cm³/mol. The molecule has 0 amide bonds. The van der Waals surface area contributed by atoms with Gasteiger partial charge in [0, 0.05) is 27.8 Å². The van der Waals surface area contributed by atoms with Crippen molar-refractivity contribution in [2.24, 2.45) is 0 Å². The van der Waals surface area contributed by atoms with E-state index in [2.05, 4.69) is 40.2 Å². The molecule has 0 spiro atoms. The average Bonchev–Trinajstić information content (AvgIpc) is 3.36. The number of fused-ring (bicyclic) bond motifs is 1. The summed E-state index contributed by atoms with van der Waals surface area (Å²) in [5.74, 6) is 1.97. The topological polar surface area (TPSA) is 35.5 Å². The van der Waals surface area contributed by atoms with Crippen LogP contribution in [0, 0.1) is 0 Å². The fourth-order valence-electron chi connectivity index (χ4n) is 5.28. The Morgan fingerprint density at radius 1 is 0.718 bits per heavy atom. The molecule has 1 heterocycles. The van der Waals surface area contributed by atoms with Gasteiger partial charge in [-0.3, -0.25) is 0 Å². The van der Waals surface area contributed by atoms with Crippen LogP contribution in [-0.2, 0) is 4.57 Å². The highest BCUT2D eigenvalue weighted by molar-refractivity contribution is 9.10. The van der Waals surface area contributed by atoms with Gasteiger partial charge in [-0.05, 0) is 33.1 Å². The molecule has 0 aromatic heterocycles. The normalized spacial score (nSPS) is 14.4. The summed E-state index contributed by atoms with van der Waals surface area (Å²) < 4.78 is 29.0. The highest BCUT2D eigenvalue weighted by Crippen LogP contribution is 2.66. The van der Waals surface area contributed by atoms with E-state index >= 15 is 4.57 Å². The number of methoxy groups -OCH3 is 1. The van der Waals surface area contributed by atoms with Crippen LogP contribution >= 0.6 is 23.1 Å². The van der Waals surface area contributed by atoms with Crippen LogP contribution in [0.15, 0.2) is 144 Å². The average molecular weight is 593 g/mol. The van der Waals surface area contributed by atoms with E-state index in [9.17, 15) is 0 Å². The van der Waals surface area contributed by atoms with E-state index in [1.807, 2.05) is 109 Å². The molecule has 39 heavy (non-hydrogen) atoms. The summed E-state index contributed by atoms with van der Waals surface area (Å²) in [7, 11) is -1.71. The Bertz CT molecular complexity index is 1600. The van der Waals surface area contributed by atoms with Gasteiger partial charge in [0.25, 0.3) is 0 Å². The zero-order chi connectivity index (χ0) is 26.8. The van der Waals surface area contributed by atoms with E-state index in [0.29, 0.717) is 17.3 Å². The van der Waals surface area contributed by atoms with E-state index < -0.39 is 12.8 Å². The highest BCUT2D eigenvalue weighted by Gasteiger charge is 2.48. The molecule has 0 bridgehead atoms. The molecule has 1 aliphatic heterocycles. The Balaban J connectivity index is 1.74. The van der Waals surface area contributed by atoms with Crippen molar-refractivity contribution in [3.63, 3.8) is 0 Å². The van der Waals surface area contributed by atoms with Crippen molar-refractivity contribution in [1.82, 2.24) is 0 Å². The van der Waals surface area contributed by atoms with Crippen molar-refractivity contribution < 1.29 is 14.0 Å². The lowest BCUT2D eigenvalue weighted by Gasteiger charge is -2.27. The number of hydrogen-bond acceptors (Lipinski definition) is 3. The van der Waals surface area contributed by atoms with E-state index in [1.165, 1.54) is 0 Å². The van der Waals surface area contributed by atoms with Crippen LogP contribution in [0.25, 0.3) is 5.57 Å². The predicted octanol–water partition coefficient (Wildman–Crippen LogP) is 8.36. The van der Waals surface area contributed by atoms with Crippen molar-refractivity contribution in [2.45, 2.75) is 5.66 Å². The fraction of sp³-hybridized carbons (Fsp3) is 0.0588. The van der Waals surface area contributed by atoms with Gasteiger partial charge in [-0.15, -0.1) is 0 Å². The van der Waals surface area contributed by atoms with Crippen LogP contribution < -0.4 is 20.1 Å². The lowest BCUT2D eigenvalue weighted by Crippen LogP contribution is -2.22. The lowest BCUT2D eigenvalue weighted by atomic mass is 9.95. The molecule has 0 N–H and O–H groups in total. The van der Waals surface area contributed by atoms with Crippen LogP contribution in [0.3, 0.4) is 0 Å². The largest absolute Gasteiger partial charge is 0.495 e. The number of hydrogen-bond donors (Lipinski definition) is 0. The third-order valence-corrected chi connectivity index (χ3v) is 11.1. The first-order valence-corrected chi connectivity index (χ1v) is 15.3. The minimum atomic E-state index is -3.34. The second kappa shape index (κ2) is 10.7. The molecule has 192 valence electrons. The number of benzene rings is 5. The summed E-state index contributed by atoms with van der Waals surface area (Å²) in [6, 6.07) is 43.8. The number of allylic oxidation sites excluding steroid dienone is 1. The molecule has 0 fully saturated rings. The highest BCUT2D eigenvalue weighted by atomic mass is 79.9. The quantitative estimate of drug-likeness (QED) is 0.186. The number of rotatable bonds is 6. The van der Waals surface area contributed by atoms with E-state index in [1.54, 1.807) is 7.11 Å². The third-order valence-electron chi connectivity index (χ3n) is 7.06. The fourth-order valence-corrected chi connectivity index (χ4v) is 9.03. The molecule has 1 aliphatic rings. The van der Waals surface area contributed by atoms with Crippen LogP contribution in [0.2, 0.25) is 0 Å². The third kappa shape index (κ3) is 4.54. The van der Waals surface area contributed by atoms with Crippen LogP contribution in [0.5, 0.6) is 11.5 Å². The summed E-state index contributed by atoms with van der Waals surface area (Å²) in [5, 5.41) is 1.56. The number of ether oxygens (including phenoxy) is 2. The maximum atomic E-state index is 15.9. The van der Waals surface area contributed by atoms with E-state index in [-0.39, 0.29) is 0 Å². The van der Waals surface area contributed by atoms with Gasteiger partial charge in [-0.2, -0.15) is 0 Å². The molecule has 1 atom stereocenters. The Labute approximate surface area is 237 Å². The molecule has 3 nitrogen and oxygen atoms in total. The summed E-state index contributed by atoms with van der Waals surface area (Å²) >= 11 is 3.68. The van der Waals surface area contributed by atoms with Gasteiger partial charge in [-0.25, -0.2) is 0 Å². The molecule has 0 radical (unpaired) electrons. The van der Waals surface area contributed by atoms with Crippen molar-refractivity contribution in [3.05, 3.63) is 160 Å². The van der Waals surface area contributed by atoms with Gasteiger partial charge in [0.1, 0.15) is 22.9 Å². The SMILES string of the molecule is COc1cc2c(cc1Br)C(P(=O)(c1ccccc1)c1ccccc1)C(=C(c1ccccc1)c1ccccc1)O2. The molecular weight excluding hydrogens is 567 g/mol. The van der Waals surface area contributed by atoms with Gasteiger partial charge in [-0.1, -0.05) is 121 Å². The molecule has 5 heteroatoms. The molecule has 5 aromatic rings. The zero-order valence-electron chi connectivity index (χ0n) is 21.3. The van der Waals surface area contributed by atoms with E-state index in [4.69, 9.17) is 9.47 Å². The van der Waals surface area contributed by atoms with Crippen LogP contribution in [0.1, 0.15) is 22.3 Å². The second-order valence-corrected chi connectivity index (χ2v) is 13.0. The van der Waals surface area contributed by atoms with Gasteiger partial charge in [0.15, 0.2) is 7.14 Å². The molecule has 0 saturated carbocycles. The Hall–Kier alpha value is -3.85. The van der Waals surface area contributed by atoms with Crippen molar-refractivity contribution >= 4 is 39.3 Å². The molecular formula is C34H26BrO3P. The van der Waals surface area contributed by atoms with Gasteiger partial charge >= 0.3 is 0 Å². The Morgan fingerprint density at radius 3 is 1.64 bits per heavy atom. The lowest BCUT2D eigenvalue weighted by molar-refractivity contribution is 0.404. The Kier molecular flexibility index (Phi) is 6.99. The van der Waals surface area contributed by atoms with Crippen LogP contribution in [-0.4, -0.2) is 7.11 Å². The molecule has 5 aromatic carbocycles. The second-order valence-electron chi connectivity index (χ2n) is 9.33. The zero-order valence-corrected chi connectivity index (χ0v) is 23.8. The molecule has 0 saturated heterocycles. The summed E-state index contributed by atoms with van der Waals surface area (Å²) in [5.41, 5.74) is 3.21. The first-order chi connectivity index (χ1) is 19.1. The van der Waals surface area contributed by atoms with Crippen molar-refractivity contribution in [3.8, 4) is 11.5 Å². The summed E-state index contributed by atoms with van der Waals surface area (Å²) in [4.78, 5) is 0. The molecule has 6 rings (SSSR count).